The lowest BCUT2D eigenvalue weighted by Crippen LogP contribution is -2.23. The summed E-state index contributed by atoms with van der Waals surface area (Å²) in [6, 6.07) is 6.79. The first kappa shape index (κ1) is 15.1. The minimum atomic E-state index is -0.501. The summed E-state index contributed by atoms with van der Waals surface area (Å²) < 4.78 is 4.78. The van der Waals surface area contributed by atoms with E-state index < -0.39 is 6.09 Å². The van der Waals surface area contributed by atoms with Crippen LogP contribution in [0.3, 0.4) is 0 Å². The van der Waals surface area contributed by atoms with Crippen LogP contribution in [-0.2, 0) is 9.53 Å². The SMILES string of the molecule is CCOC(=O)Nc1ccc(NC(=O)C2C=CC(N)C2)cc1. The van der Waals surface area contributed by atoms with Gasteiger partial charge in [0, 0.05) is 17.4 Å². The van der Waals surface area contributed by atoms with Gasteiger partial charge in [-0.2, -0.15) is 0 Å². The molecule has 0 saturated carbocycles. The van der Waals surface area contributed by atoms with Gasteiger partial charge in [0.25, 0.3) is 0 Å². The normalized spacial score (nSPS) is 20.1. The summed E-state index contributed by atoms with van der Waals surface area (Å²) in [5.74, 6) is -0.261. The summed E-state index contributed by atoms with van der Waals surface area (Å²) in [6.07, 6.45) is 3.81. The predicted octanol–water partition coefficient (Wildman–Crippen LogP) is 2.10. The van der Waals surface area contributed by atoms with Crippen LogP contribution in [0.2, 0.25) is 0 Å². The first-order chi connectivity index (χ1) is 10.1. The van der Waals surface area contributed by atoms with Gasteiger partial charge in [0.15, 0.2) is 0 Å². The third kappa shape index (κ3) is 4.32. The van der Waals surface area contributed by atoms with Gasteiger partial charge in [-0.25, -0.2) is 4.79 Å². The fourth-order valence-electron chi connectivity index (χ4n) is 2.08. The highest BCUT2D eigenvalue weighted by molar-refractivity contribution is 5.94. The second kappa shape index (κ2) is 6.90. The first-order valence-corrected chi connectivity index (χ1v) is 6.87. The van der Waals surface area contributed by atoms with Crippen LogP contribution in [0.1, 0.15) is 13.3 Å². The van der Waals surface area contributed by atoms with Crippen molar-refractivity contribution in [2.24, 2.45) is 11.7 Å². The Morgan fingerprint density at radius 2 is 1.81 bits per heavy atom. The summed E-state index contributed by atoms with van der Waals surface area (Å²) in [7, 11) is 0. The van der Waals surface area contributed by atoms with Gasteiger partial charge in [0.05, 0.1) is 12.5 Å². The Labute approximate surface area is 123 Å². The zero-order valence-electron chi connectivity index (χ0n) is 11.8. The van der Waals surface area contributed by atoms with Crippen molar-refractivity contribution in [3.63, 3.8) is 0 Å². The van der Waals surface area contributed by atoms with Crippen molar-refractivity contribution < 1.29 is 14.3 Å². The van der Waals surface area contributed by atoms with E-state index in [2.05, 4.69) is 10.6 Å². The van der Waals surface area contributed by atoms with Gasteiger partial charge in [-0.3, -0.25) is 10.1 Å². The minimum Gasteiger partial charge on any atom is -0.450 e. The highest BCUT2D eigenvalue weighted by atomic mass is 16.5. The molecule has 112 valence electrons. The molecule has 2 unspecified atom stereocenters. The van der Waals surface area contributed by atoms with Crippen molar-refractivity contribution in [3.8, 4) is 0 Å². The maximum atomic E-state index is 12.0. The second-order valence-corrected chi connectivity index (χ2v) is 4.80. The lowest BCUT2D eigenvalue weighted by atomic mass is 10.1. The zero-order valence-corrected chi connectivity index (χ0v) is 11.8. The molecular weight excluding hydrogens is 270 g/mol. The molecule has 1 aliphatic carbocycles. The van der Waals surface area contributed by atoms with E-state index in [0.29, 0.717) is 24.4 Å². The maximum Gasteiger partial charge on any atom is 0.411 e. The van der Waals surface area contributed by atoms with E-state index in [0.717, 1.165) is 0 Å². The van der Waals surface area contributed by atoms with Crippen molar-refractivity contribution in [2.75, 3.05) is 17.2 Å². The summed E-state index contributed by atoms with van der Waals surface area (Å²) in [4.78, 5) is 23.3. The van der Waals surface area contributed by atoms with Crippen LogP contribution < -0.4 is 16.4 Å². The monoisotopic (exact) mass is 289 g/mol. The molecule has 1 aromatic carbocycles. The van der Waals surface area contributed by atoms with Crippen LogP contribution in [0.15, 0.2) is 36.4 Å². The van der Waals surface area contributed by atoms with Gasteiger partial charge in [-0.15, -0.1) is 0 Å². The molecule has 2 rings (SSSR count). The quantitative estimate of drug-likeness (QED) is 0.740. The third-order valence-electron chi connectivity index (χ3n) is 3.13. The number of benzene rings is 1. The van der Waals surface area contributed by atoms with Gasteiger partial charge in [-0.05, 0) is 37.6 Å². The molecule has 6 heteroatoms. The van der Waals surface area contributed by atoms with Crippen molar-refractivity contribution in [3.05, 3.63) is 36.4 Å². The summed E-state index contributed by atoms with van der Waals surface area (Å²) in [5, 5.41) is 5.40. The molecule has 0 bridgehead atoms. The van der Waals surface area contributed by atoms with Crippen LogP contribution in [0.5, 0.6) is 0 Å². The fourth-order valence-corrected chi connectivity index (χ4v) is 2.08. The topological polar surface area (TPSA) is 93.5 Å². The van der Waals surface area contributed by atoms with Crippen molar-refractivity contribution in [2.45, 2.75) is 19.4 Å². The molecule has 21 heavy (non-hydrogen) atoms. The van der Waals surface area contributed by atoms with E-state index in [-0.39, 0.29) is 17.9 Å². The first-order valence-electron chi connectivity index (χ1n) is 6.87. The number of hydrogen-bond donors (Lipinski definition) is 3. The number of carbonyl (C=O) groups is 2. The highest BCUT2D eigenvalue weighted by Crippen LogP contribution is 2.20. The lowest BCUT2D eigenvalue weighted by molar-refractivity contribution is -0.118. The van der Waals surface area contributed by atoms with E-state index >= 15 is 0 Å². The molecule has 2 atom stereocenters. The Morgan fingerprint density at radius 3 is 2.33 bits per heavy atom. The minimum absolute atomic E-state index is 0.0445. The Hall–Kier alpha value is -2.34. The molecule has 0 radical (unpaired) electrons. The number of carbonyl (C=O) groups excluding carboxylic acids is 2. The van der Waals surface area contributed by atoms with E-state index in [4.69, 9.17) is 10.5 Å². The van der Waals surface area contributed by atoms with Gasteiger partial charge >= 0.3 is 6.09 Å². The standard InChI is InChI=1S/C15H19N3O3/c1-2-21-15(20)18-13-7-5-12(6-8-13)17-14(19)10-3-4-11(16)9-10/h3-8,10-11H,2,9,16H2,1H3,(H,17,19)(H,18,20). The third-order valence-corrected chi connectivity index (χ3v) is 3.13. The molecule has 0 saturated heterocycles. The van der Waals surface area contributed by atoms with E-state index in [9.17, 15) is 9.59 Å². The number of nitrogens with one attached hydrogen (secondary N) is 2. The Kier molecular flexibility index (Phi) is 4.94. The zero-order chi connectivity index (χ0) is 15.2. The number of ether oxygens (including phenoxy) is 1. The van der Waals surface area contributed by atoms with Gasteiger partial charge in [0.2, 0.25) is 5.91 Å². The molecule has 0 spiro atoms. The number of rotatable bonds is 4. The largest absolute Gasteiger partial charge is 0.450 e. The van der Waals surface area contributed by atoms with Crippen LogP contribution >= 0.6 is 0 Å². The average Bonchev–Trinajstić information content (AvgIpc) is 2.88. The highest BCUT2D eigenvalue weighted by Gasteiger charge is 2.22. The Balaban J connectivity index is 1.89. The molecule has 0 aliphatic heterocycles. The molecular formula is C15H19N3O3. The lowest BCUT2D eigenvalue weighted by Gasteiger charge is -2.11. The molecule has 0 fully saturated rings. The number of amides is 2. The number of hydrogen-bond acceptors (Lipinski definition) is 4. The van der Waals surface area contributed by atoms with E-state index in [1.807, 2.05) is 12.2 Å². The van der Waals surface area contributed by atoms with Crippen LogP contribution in [0.4, 0.5) is 16.2 Å². The second-order valence-electron chi connectivity index (χ2n) is 4.80. The van der Waals surface area contributed by atoms with Crippen molar-refractivity contribution >= 4 is 23.4 Å². The van der Waals surface area contributed by atoms with E-state index in [1.165, 1.54) is 0 Å². The smallest absolute Gasteiger partial charge is 0.411 e. The van der Waals surface area contributed by atoms with Gasteiger partial charge in [0.1, 0.15) is 0 Å². The molecule has 2 amide bonds. The molecule has 0 aromatic heterocycles. The molecule has 4 N–H and O–H groups in total. The maximum absolute atomic E-state index is 12.0. The summed E-state index contributed by atoms with van der Waals surface area (Å²) in [6.45, 7) is 2.05. The van der Waals surface area contributed by atoms with Crippen molar-refractivity contribution in [1.29, 1.82) is 0 Å². The Bertz CT molecular complexity index is 540. The summed E-state index contributed by atoms with van der Waals surface area (Å²) >= 11 is 0. The van der Waals surface area contributed by atoms with E-state index in [1.54, 1.807) is 31.2 Å². The fraction of sp³-hybridized carbons (Fsp3) is 0.333. The summed E-state index contributed by atoms with van der Waals surface area (Å²) in [5.41, 5.74) is 7.00. The molecule has 1 aliphatic rings. The number of anilines is 2. The molecule has 0 heterocycles. The average molecular weight is 289 g/mol. The molecule has 6 nitrogen and oxygen atoms in total. The van der Waals surface area contributed by atoms with Crippen LogP contribution in [0, 0.1) is 5.92 Å². The Morgan fingerprint density at radius 1 is 1.19 bits per heavy atom. The van der Waals surface area contributed by atoms with Gasteiger partial charge in [-0.1, -0.05) is 12.2 Å². The molecule has 1 aromatic rings. The number of nitrogens with two attached hydrogens (primary N) is 1. The van der Waals surface area contributed by atoms with Crippen LogP contribution in [-0.4, -0.2) is 24.6 Å². The predicted molar refractivity (Wildman–Crippen MR) is 80.9 cm³/mol. The van der Waals surface area contributed by atoms with Crippen LogP contribution in [0.25, 0.3) is 0 Å². The van der Waals surface area contributed by atoms with Gasteiger partial charge < -0.3 is 15.8 Å². The van der Waals surface area contributed by atoms with Crippen molar-refractivity contribution in [1.82, 2.24) is 0 Å².